The van der Waals surface area contributed by atoms with Gasteiger partial charge in [-0.2, -0.15) is 0 Å². The SMILES string of the molecule is Cc1c(Cl)ccc2c3c([nH]c12)CNC(C)(C)C3. The lowest BCUT2D eigenvalue weighted by Crippen LogP contribution is -2.44. The third kappa shape index (κ3) is 1.67. The zero-order chi connectivity index (χ0) is 12.2. The Labute approximate surface area is 106 Å². The molecular weight excluding hydrogens is 232 g/mol. The smallest absolute Gasteiger partial charge is 0.0504 e. The molecule has 1 aromatic carbocycles. The van der Waals surface area contributed by atoms with Crippen LogP contribution in [-0.2, 0) is 13.0 Å². The number of hydrogen-bond donors (Lipinski definition) is 2. The van der Waals surface area contributed by atoms with Crippen LogP contribution in [0.4, 0.5) is 0 Å². The van der Waals surface area contributed by atoms with Gasteiger partial charge >= 0.3 is 0 Å². The number of benzene rings is 1. The van der Waals surface area contributed by atoms with Crippen molar-refractivity contribution in [3.05, 3.63) is 34.0 Å². The highest BCUT2D eigenvalue weighted by molar-refractivity contribution is 6.32. The predicted octanol–water partition coefficient (Wildman–Crippen LogP) is 3.55. The first-order valence-corrected chi connectivity index (χ1v) is 6.39. The van der Waals surface area contributed by atoms with Gasteiger partial charge in [-0.1, -0.05) is 17.7 Å². The van der Waals surface area contributed by atoms with Crippen molar-refractivity contribution in [3.8, 4) is 0 Å². The molecule has 3 rings (SSSR count). The number of halogens is 1. The van der Waals surface area contributed by atoms with Crippen molar-refractivity contribution in [2.45, 2.75) is 39.3 Å². The molecule has 90 valence electrons. The summed E-state index contributed by atoms with van der Waals surface area (Å²) in [6, 6.07) is 4.14. The fraction of sp³-hybridized carbons (Fsp3) is 0.429. The van der Waals surface area contributed by atoms with E-state index in [1.165, 1.54) is 22.2 Å². The average Bonchev–Trinajstić information content (AvgIpc) is 2.61. The molecule has 0 fully saturated rings. The second-order valence-corrected chi connectivity index (χ2v) is 6.00. The van der Waals surface area contributed by atoms with Crippen molar-refractivity contribution in [1.29, 1.82) is 0 Å². The summed E-state index contributed by atoms with van der Waals surface area (Å²) >= 11 is 6.17. The number of aromatic nitrogens is 1. The van der Waals surface area contributed by atoms with Crippen LogP contribution in [0, 0.1) is 6.92 Å². The monoisotopic (exact) mass is 248 g/mol. The Morgan fingerprint density at radius 1 is 1.29 bits per heavy atom. The summed E-state index contributed by atoms with van der Waals surface area (Å²) in [6.07, 6.45) is 1.06. The van der Waals surface area contributed by atoms with Gasteiger partial charge in [-0.05, 0) is 44.4 Å². The zero-order valence-corrected chi connectivity index (χ0v) is 11.2. The summed E-state index contributed by atoms with van der Waals surface area (Å²) in [5, 5.41) is 5.71. The Balaban J connectivity index is 2.27. The lowest BCUT2D eigenvalue weighted by atomic mass is 9.89. The number of nitrogens with one attached hydrogen (secondary N) is 2. The van der Waals surface area contributed by atoms with E-state index in [-0.39, 0.29) is 5.54 Å². The molecule has 0 aliphatic carbocycles. The van der Waals surface area contributed by atoms with Crippen LogP contribution in [0.5, 0.6) is 0 Å². The summed E-state index contributed by atoms with van der Waals surface area (Å²) in [5.74, 6) is 0. The maximum Gasteiger partial charge on any atom is 0.0504 e. The van der Waals surface area contributed by atoms with Gasteiger partial charge in [-0.15, -0.1) is 0 Å². The highest BCUT2D eigenvalue weighted by Gasteiger charge is 2.27. The summed E-state index contributed by atoms with van der Waals surface area (Å²) in [6.45, 7) is 7.48. The molecule has 0 amide bonds. The summed E-state index contributed by atoms with van der Waals surface area (Å²) < 4.78 is 0. The minimum absolute atomic E-state index is 0.176. The predicted molar refractivity (Wildman–Crippen MR) is 72.7 cm³/mol. The Bertz CT molecular complexity index is 596. The normalized spacial score (nSPS) is 18.4. The van der Waals surface area contributed by atoms with Crippen molar-refractivity contribution >= 4 is 22.5 Å². The molecule has 0 unspecified atom stereocenters. The minimum atomic E-state index is 0.176. The van der Waals surface area contributed by atoms with Crippen molar-refractivity contribution in [2.75, 3.05) is 0 Å². The molecule has 0 atom stereocenters. The van der Waals surface area contributed by atoms with Crippen LogP contribution < -0.4 is 5.32 Å². The Kier molecular flexibility index (Phi) is 2.29. The minimum Gasteiger partial charge on any atom is -0.357 e. The summed E-state index contributed by atoms with van der Waals surface area (Å²) in [7, 11) is 0. The van der Waals surface area contributed by atoms with E-state index in [4.69, 9.17) is 11.6 Å². The second-order valence-electron chi connectivity index (χ2n) is 5.59. The van der Waals surface area contributed by atoms with E-state index in [1.807, 2.05) is 6.07 Å². The van der Waals surface area contributed by atoms with E-state index in [9.17, 15) is 0 Å². The molecule has 2 aromatic rings. The molecule has 0 saturated carbocycles. The molecule has 2 N–H and O–H groups in total. The Hall–Kier alpha value is -0.990. The number of aryl methyl sites for hydroxylation is 1. The quantitative estimate of drug-likeness (QED) is 0.733. The highest BCUT2D eigenvalue weighted by Crippen LogP contribution is 2.33. The van der Waals surface area contributed by atoms with Gasteiger partial charge in [0.1, 0.15) is 0 Å². The van der Waals surface area contributed by atoms with Crippen LogP contribution in [-0.4, -0.2) is 10.5 Å². The Morgan fingerprint density at radius 2 is 2.06 bits per heavy atom. The van der Waals surface area contributed by atoms with Gasteiger partial charge in [0.25, 0.3) is 0 Å². The molecule has 0 radical (unpaired) electrons. The van der Waals surface area contributed by atoms with E-state index in [1.54, 1.807) is 0 Å². The van der Waals surface area contributed by atoms with Crippen molar-refractivity contribution < 1.29 is 0 Å². The third-order valence-corrected chi connectivity index (χ3v) is 4.14. The molecule has 0 bridgehead atoms. The first-order valence-electron chi connectivity index (χ1n) is 6.01. The topological polar surface area (TPSA) is 27.8 Å². The molecule has 2 nitrogen and oxygen atoms in total. The second kappa shape index (κ2) is 3.50. The largest absolute Gasteiger partial charge is 0.357 e. The standard InChI is InChI=1S/C14H17ClN2/c1-8-11(15)5-4-9-10-6-14(2,3)16-7-12(10)17-13(8)9/h4-5,16-17H,6-7H2,1-3H3. The van der Waals surface area contributed by atoms with E-state index in [2.05, 4.69) is 37.1 Å². The molecule has 1 aliphatic rings. The highest BCUT2D eigenvalue weighted by atomic mass is 35.5. The van der Waals surface area contributed by atoms with Crippen LogP contribution in [0.15, 0.2) is 12.1 Å². The molecule has 1 aromatic heterocycles. The van der Waals surface area contributed by atoms with Gasteiger partial charge in [0, 0.05) is 28.2 Å². The van der Waals surface area contributed by atoms with Crippen LogP contribution in [0.2, 0.25) is 5.02 Å². The number of aromatic amines is 1. The maximum atomic E-state index is 6.17. The molecule has 2 heterocycles. The molecule has 1 aliphatic heterocycles. The maximum absolute atomic E-state index is 6.17. The first kappa shape index (κ1) is 11.1. The number of H-pyrrole nitrogens is 1. The van der Waals surface area contributed by atoms with E-state index in [0.717, 1.165) is 23.6 Å². The number of hydrogen-bond acceptors (Lipinski definition) is 1. The van der Waals surface area contributed by atoms with Crippen LogP contribution in [0.1, 0.15) is 30.7 Å². The van der Waals surface area contributed by atoms with Gasteiger partial charge in [0.05, 0.1) is 5.52 Å². The molecule has 0 spiro atoms. The van der Waals surface area contributed by atoms with E-state index >= 15 is 0 Å². The molecule has 3 heteroatoms. The lowest BCUT2D eigenvalue weighted by molar-refractivity contribution is 0.361. The van der Waals surface area contributed by atoms with E-state index < -0.39 is 0 Å². The van der Waals surface area contributed by atoms with Crippen LogP contribution in [0.25, 0.3) is 10.9 Å². The third-order valence-electron chi connectivity index (χ3n) is 3.73. The van der Waals surface area contributed by atoms with Gasteiger partial charge in [0.15, 0.2) is 0 Å². The number of rotatable bonds is 0. The van der Waals surface area contributed by atoms with Crippen LogP contribution in [0.3, 0.4) is 0 Å². The fourth-order valence-electron chi connectivity index (χ4n) is 2.67. The summed E-state index contributed by atoms with van der Waals surface area (Å²) in [4.78, 5) is 3.52. The van der Waals surface area contributed by atoms with Gasteiger partial charge < -0.3 is 10.3 Å². The van der Waals surface area contributed by atoms with Crippen molar-refractivity contribution in [3.63, 3.8) is 0 Å². The summed E-state index contributed by atoms with van der Waals surface area (Å²) in [5.41, 5.74) is 5.28. The van der Waals surface area contributed by atoms with Crippen LogP contribution >= 0.6 is 11.6 Å². The van der Waals surface area contributed by atoms with Crippen molar-refractivity contribution in [2.24, 2.45) is 0 Å². The Morgan fingerprint density at radius 3 is 2.82 bits per heavy atom. The van der Waals surface area contributed by atoms with Gasteiger partial charge in [0.2, 0.25) is 0 Å². The fourth-order valence-corrected chi connectivity index (χ4v) is 2.83. The van der Waals surface area contributed by atoms with Gasteiger partial charge in [-0.3, -0.25) is 0 Å². The van der Waals surface area contributed by atoms with Gasteiger partial charge in [-0.25, -0.2) is 0 Å². The average molecular weight is 249 g/mol. The molecule has 17 heavy (non-hydrogen) atoms. The van der Waals surface area contributed by atoms with Crippen molar-refractivity contribution in [1.82, 2.24) is 10.3 Å². The van der Waals surface area contributed by atoms with E-state index in [0.29, 0.717) is 0 Å². The molecular formula is C14H17ClN2. The lowest BCUT2D eigenvalue weighted by Gasteiger charge is -2.31. The zero-order valence-electron chi connectivity index (χ0n) is 10.4. The molecule has 0 saturated heterocycles. The first-order chi connectivity index (χ1) is 7.98. The number of fused-ring (bicyclic) bond motifs is 3.